The molecule has 6 aromatic carbocycles. The molecule has 13 rings (SSSR count). The quantitative estimate of drug-likeness (QED) is 0.163. The molecule has 0 radical (unpaired) electrons. The monoisotopic (exact) mass is 1050 g/mol. The first-order valence-electron chi connectivity index (χ1n) is 30.2. The number of thiophene rings is 1. The Labute approximate surface area is 474 Å². The molecule has 0 saturated carbocycles. The molecule has 0 fully saturated rings. The van der Waals surface area contributed by atoms with Gasteiger partial charge in [-0.2, -0.15) is 0 Å². The third kappa shape index (κ3) is 7.65. The molecule has 0 atom stereocenters. The van der Waals surface area contributed by atoms with Crippen LogP contribution >= 0.6 is 11.3 Å². The molecule has 2 nitrogen and oxygen atoms in total. The van der Waals surface area contributed by atoms with Crippen molar-refractivity contribution in [3.8, 4) is 11.1 Å². The Hall–Kier alpha value is -5.06. The van der Waals surface area contributed by atoms with Gasteiger partial charge in [0.25, 0.3) is 6.71 Å². The molecule has 4 aliphatic carbocycles. The highest BCUT2D eigenvalue weighted by Gasteiger charge is 2.50. The van der Waals surface area contributed by atoms with Crippen molar-refractivity contribution in [1.82, 2.24) is 0 Å². The first-order valence-corrected chi connectivity index (χ1v) is 31.0. The van der Waals surface area contributed by atoms with Gasteiger partial charge >= 0.3 is 0 Å². The summed E-state index contributed by atoms with van der Waals surface area (Å²) in [6, 6.07) is 41.2. The average Bonchev–Trinajstić information content (AvgIpc) is 2.82. The van der Waals surface area contributed by atoms with Crippen LogP contribution in [-0.2, 0) is 48.7 Å². The number of benzene rings is 6. The Balaban J connectivity index is 1.20. The molecule has 78 heavy (non-hydrogen) atoms. The summed E-state index contributed by atoms with van der Waals surface area (Å²) in [5.74, 6) is 0. The fraction of sp³-hybridized carbons (Fsp3) is 0.486. The second-order valence-corrected chi connectivity index (χ2v) is 33.1. The smallest absolute Gasteiger partial charge is 0.254 e. The molecule has 0 unspecified atom stereocenters. The lowest BCUT2D eigenvalue weighted by atomic mass is 9.33. The number of nitrogens with zero attached hydrogens (tertiary/aromatic N) is 2. The van der Waals surface area contributed by atoms with E-state index < -0.39 is 0 Å². The van der Waals surface area contributed by atoms with E-state index in [1.807, 2.05) is 11.3 Å². The second-order valence-electron chi connectivity index (χ2n) is 32.1. The van der Waals surface area contributed by atoms with E-state index in [0.29, 0.717) is 0 Å². The maximum absolute atomic E-state index is 2.78. The summed E-state index contributed by atoms with van der Waals surface area (Å²) in [4.78, 5) is 5.55. The van der Waals surface area contributed by atoms with Gasteiger partial charge in [-0.3, -0.25) is 0 Å². The maximum Gasteiger partial charge on any atom is 0.254 e. The van der Waals surface area contributed by atoms with Gasteiger partial charge in [-0.05, 0) is 232 Å². The van der Waals surface area contributed by atoms with Crippen LogP contribution in [0.3, 0.4) is 0 Å². The van der Waals surface area contributed by atoms with Crippen molar-refractivity contribution in [1.29, 1.82) is 0 Å². The predicted octanol–water partition coefficient (Wildman–Crippen LogP) is 19.3. The van der Waals surface area contributed by atoms with Gasteiger partial charge in [-0.25, -0.2) is 0 Å². The number of fused-ring (bicyclic) bond motifs is 10. The van der Waals surface area contributed by atoms with Crippen LogP contribution < -0.4 is 26.2 Å². The molecule has 4 heteroatoms. The molecule has 0 spiro atoms. The van der Waals surface area contributed by atoms with Gasteiger partial charge in [-0.1, -0.05) is 180 Å². The van der Waals surface area contributed by atoms with Crippen molar-refractivity contribution < 1.29 is 0 Å². The van der Waals surface area contributed by atoms with Crippen LogP contribution in [0.1, 0.15) is 233 Å². The van der Waals surface area contributed by atoms with Crippen molar-refractivity contribution >= 4 is 78.0 Å². The van der Waals surface area contributed by atoms with Crippen LogP contribution in [0.4, 0.5) is 33.4 Å². The zero-order chi connectivity index (χ0) is 55.6. The van der Waals surface area contributed by atoms with E-state index in [9.17, 15) is 0 Å². The minimum atomic E-state index is -0.00436. The summed E-state index contributed by atoms with van der Waals surface area (Å²) in [7, 11) is 0. The molecule has 0 saturated heterocycles. The van der Waals surface area contributed by atoms with Crippen LogP contribution in [0, 0.1) is 0 Å². The van der Waals surface area contributed by atoms with Gasteiger partial charge in [0.2, 0.25) is 0 Å². The van der Waals surface area contributed by atoms with E-state index in [0.717, 1.165) is 0 Å². The molecule has 0 bridgehead atoms. The SMILES string of the molecule is CC(C)(C)c1ccc2sc3c(c2c1)B1c2cc4c(cc2N(c2ccc5c(c2)C(C)(C)CCC5(C)C)c2cc(-c5ccc6c(c5)C(C)(C)CCC6(C)C)cc(c21)N3c1ccc2c(c1)C(C)(C)CCC2(C)C)C(C)(C)CCC4(C)C. The fourth-order valence-electron chi connectivity index (χ4n) is 15.9. The van der Waals surface area contributed by atoms with Crippen LogP contribution in [0.2, 0.25) is 0 Å². The van der Waals surface area contributed by atoms with E-state index in [2.05, 4.69) is 238 Å². The van der Waals surface area contributed by atoms with E-state index in [1.165, 1.54) is 172 Å². The van der Waals surface area contributed by atoms with Gasteiger partial charge in [0.1, 0.15) is 0 Å². The molecular weight excluding hydrogens is 960 g/mol. The standard InChI is InChI=1S/C74H89BN2S/c1-66(2,3)46-21-27-62-49(39-46)63-65(78-62)77(48-23-26-52-55(41-48)72(14,15)33-30-69(52,8)9)61-38-45(44-20-24-50-53(36-44)70(10,11)31-28-67(50,4)5)37-60-64(61)75(63)58-42-56-57(74(18,19)35-34-73(56,16)17)43-59(58)76(60)47-22-25-51-54(40-47)71(12,13)32-29-68(51,6)7/h20-27,36-43H,28-35H2,1-19H3. The van der Waals surface area contributed by atoms with Gasteiger partial charge in [0.15, 0.2) is 0 Å². The zero-order valence-electron chi connectivity index (χ0n) is 51.3. The summed E-state index contributed by atoms with van der Waals surface area (Å²) in [6.07, 6.45) is 9.49. The molecule has 0 amide bonds. The summed E-state index contributed by atoms with van der Waals surface area (Å²) in [6.45, 7) is 47.1. The molecule has 7 aromatic rings. The lowest BCUT2D eigenvalue weighted by Crippen LogP contribution is -2.61. The van der Waals surface area contributed by atoms with Crippen molar-refractivity contribution in [2.45, 2.75) is 232 Å². The summed E-state index contributed by atoms with van der Waals surface area (Å²) in [5, 5.41) is 2.78. The molecule has 2 aliphatic heterocycles. The number of hydrogen-bond acceptors (Lipinski definition) is 3. The minimum absolute atomic E-state index is 0.00436. The van der Waals surface area contributed by atoms with Crippen molar-refractivity contribution in [3.05, 3.63) is 147 Å². The Morgan fingerprint density at radius 1 is 0.372 bits per heavy atom. The van der Waals surface area contributed by atoms with Crippen molar-refractivity contribution in [2.75, 3.05) is 9.80 Å². The summed E-state index contributed by atoms with van der Waals surface area (Å²) >= 11 is 2.02. The summed E-state index contributed by atoms with van der Waals surface area (Å²) < 4.78 is 1.37. The third-order valence-electron chi connectivity index (χ3n) is 21.9. The average molecular weight is 1050 g/mol. The molecule has 404 valence electrons. The van der Waals surface area contributed by atoms with Crippen LogP contribution in [-0.4, -0.2) is 6.71 Å². The third-order valence-corrected chi connectivity index (χ3v) is 23.1. The Kier molecular flexibility index (Phi) is 11.0. The van der Waals surface area contributed by atoms with E-state index >= 15 is 0 Å². The predicted molar refractivity (Wildman–Crippen MR) is 341 cm³/mol. The Bertz CT molecular complexity index is 3710. The normalized spacial score (nSPS) is 21.9. The highest BCUT2D eigenvalue weighted by atomic mass is 32.1. The Morgan fingerprint density at radius 3 is 1.27 bits per heavy atom. The first-order chi connectivity index (χ1) is 36.2. The minimum Gasteiger partial charge on any atom is -0.311 e. The molecule has 6 aliphatic rings. The molecular formula is C74H89BN2S. The lowest BCUT2D eigenvalue weighted by Gasteiger charge is -2.48. The molecule has 3 heterocycles. The summed E-state index contributed by atoms with van der Waals surface area (Å²) in [5.41, 5.74) is 27.6. The second kappa shape index (κ2) is 16.3. The van der Waals surface area contributed by atoms with Gasteiger partial charge in [-0.15, -0.1) is 11.3 Å². The maximum atomic E-state index is 2.78. The number of anilines is 6. The topological polar surface area (TPSA) is 6.48 Å². The molecule has 1 aromatic heterocycles. The van der Waals surface area contributed by atoms with Crippen LogP contribution in [0.5, 0.6) is 0 Å². The van der Waals surface area contributed by atoms with Crippen LogP contribution in [0.25, 0.3) is 21.2 Å². The van der Waals surface area contributed by atoms with Crippen molar-refractivity contribution in [2.24, 2.45) is 0 Å². The number of hydrogen-bond donors (Lipinski definition) is 0. The zero-order valence-corrected chi connectivity index (χ0v) is 52.1. The van der Waals surface area contributed by atoms with E-state index in [4.69, 9.17) is 0 Å². The van der Waals surface area contributed by atoms with Crippen LogP contribution in [0.15, 0.2) is 97.1 Å². The van der Waals surface area contributed by atoms with Gasteiger partial charge < -0.3 is 9.80 Å². The van der Waals surface area contributed by atoms with Gasteiger partial charge in [0.05, 0.1) is 5.00 Å². The highest BCUT2D eigenvalue weighted by molar-refractivity contribution is 7.26. The molecule has 0 N–H and O–H groups in total. The fourth-order valence-corrected chi connectivity index (χ4v) is 17.2. The van der Waals surface area contributed by atoms with E-state index in [-0.39, 0.29) is 55.4 Å². The lowest BCUT2D eigenvalue weighted by molar-refractivity contribution is 0.332. The van der Waals surface area contributed by atoms with Crippen molar-refractivity contribution in [3.63, 3.8) is 0 Å². The van der Waals surface area contributed by atoms with Gasteiger partial charge in [0, 0.05) is 33.1 Å². The number of rotatable bonds is 3. The Morgan fingerprint density at radius 2 is 0.782 bits per heavy atom. The highest BCUT2D eigenvalue weighted by Crippen LogP contribution is 2.56. The van der Waals surface area contributed by atoms with E-state index in [1.54, 1.807) is 0 Å². The first kappa shape index (κ1) is 52.3. The largest absolute Gasteiger partial charge is 0.311 e.